The van der Waals surface area contributed by atoms with Gasteiger partial charge in [-0.2, -0.15) is 10.2 Å². The highest BCUT2D eigenvalue weighted by Gasteiger charge is 2.19. The van der Waals surface area contributed by atoms with Gasteiger partial charge in [-0.3, -0.25) is 0 Å². The standard InChI is InChI=1S/C13H13N5O2/c1-19-9-5-3-4-7(11(9)20-2)10-8(6-14)12(15)18-13(16)17-10/h3-5H,1-2H3,(H4,15,16,17,18). The van der Waals surface area contributed by atoms with Gasteiger partial charge in [0.05, 0.1) is 19.9 Å². The SMILES string of the molecule is COc1cccc(-c2nc(N)nc(N)c2C#N)c1OC. The smallest absolute Gasteiger partial charge is 0.222 e. The Morgan fingerprint density at radius 3 is 2.50 bits per heavy atom. The summed E-state index contributed by atoms with van der Waals surface area (Å²) in [6.07, 6.45) is 0. The molecule has 1 aromatic carbocycles. The van der Waals surface area contributed by atoms with Crippen LogP contribution in [0.5, 0.6) is 11.5 Å². The number of nitriles is 1. The number of hydrogen-bond acceptors (Lipinski definition) is 7. The normalized spacial score (nSPS) is 9.85. The van der Waals surface area contributed by atoms with Crippen molar-refractivity contribution in [3.05, 3.63) is 23.8 Å². The highest BCUT2D eigenvalue weighted by Crippen LogP contribution is 2.39. The number of anilines is 2. The van der Waals surface area contributed by atoms with Crippen molar-refractivity contribution in [2.24, 2.45) is 0 Å². The van der Waals surface area contributed by atoms with Crippen LogP contribution in [0, 0.1) is 11.3 Å². The van der Waals surface area contributed by atoms with Crippen LogP contribution >= 0.6 is 0 Å². The van der Waals surface area contributed by atoms with E-state index < -0.39 is 0 Å². The van der Waals surface area contributed by atoms with E-state index in [0.29, 0.717) is 22.8 Å². The van der Waals surface area contributed by atoms with Crippen molar-refractivity contribution in [1.29, 1.82) is 5.26 Å². The molecule has 0 saturated carbocycles. The number of aromatic nitrogens is 2. The van der Waals surface area contributed by atoms with Gasteiger partial charge in [0.25, 0.3) is 0 Å². The monoisotopic (exact) mass is 271 g/mol. The summed E-state index contributed by atoms with van der Waals surface area (Å²) in [6.45, 7) is 0. The number of ether oxygens (including phenoxy) is 2. The van der Waals surface area contributed by atoms with Crippen LogP contribution in [-0.2, 0) is 0 Å². The van der Waals surface area contributed by atoms with Gasteiger partial charge in [-0.15, -0.1) is 0 Å². The van der Waals surface area contributed by atoms with E-state index in [0.717, 1.165) is 0 Å². The van der Waals surface area contributed by atoms with Gasteiger partial charge in [0.2, 0.25) is 5.95 Å². The Balaban J connectivity index is 2.78. The first kappa shape index (κ1) is 13.4. The lowest BCUT2D eigenvalue weighted by molar-refractivity contribution is 0.356. The lowest BCUT2D eigenvalue weighted by Gasteiger charge is -2.13. The first-order valence-corrected chi connectivity index (χ1v) is 5.66. The molecule has 0 amide bonds. The minimum atomic E-state index is -0.0126. The van der Waals surface area contributed by atoms with E-state index in [2.05, 4.69) is 9.97 Å². The molecule has 0 aliphatic rings. The van der Waals surface area contributed by atoms with Gasteiger partial charge >= 0.3 is 0 Å². The summed E-state index contributed by atoms with van der Waals surface area (Å²) in [4.78, 5) is 7.87. The van der Waals surface area contributed by atoms with E-state index in [9.17, 15) is 5.26 Å². The molecule has 0 aliphatic carbocycles. The predicted octanol–water partition coefficient (Wildman–Crippen LogP) is 1.20. The lowest BCUT2D eigenvalue weighted by Crippen LogP contribution is -2.05. The number of para-hydroxylation sites is 1. The molecule has 7 nitrogen and oxygen atoms in total. The van der Waals surface area contributed by atoms with E-state index in [4.69, 9.17) is 20.9 Å². The fourth-order valence-electron chi connectivity index (χ4n) is 1.87. The third-order valence-corrected chi connectivity index (χ3v) is 2.72. The first-order valence-electron chi connectivity index (χ1n) is 5.66. The predicted molar refractivity (Wildman–Crippen MR) is 74.1 cm³/mol. The molecule has 2 rings (SSSR count). The Hall–Kier alpha value is -3.01. The molecule has 0 aliphatic heterocycles. The number of nitrogens with two attached hydrogens (primary N) is 2. The zero-order valence-electron chi connectivity index (χ0n) is 11.0. The number of methoxy groups -OCH3 is 2. The summed E-state index contributed by atoms with van der Waals surface area (Å²) in [7, 11) is 3.02. The highest BCUT2D eigenvalue weighted by atomic mass is 16.5. The fourth-order valence-corrected chi connectivity index (χ4v) is 1.87. The average Bonchev–Trinajstić information content (AvgIpc) is 2.45. The van der Waals surface area contributed by atoms with Crippen LogP contribution in [-0.4, -0.2) is 24.2 Å². The van der Waals surface area contributed by atoms with Gasteiger partial charge in [-0.25, -0.2) is 4.98 Å². The third kappa shape index (κ3) is 2.14. The Labute approximate surface area is 115 Å². The molecule has 1 aromatic heterocycles. The molecular formula is C13H13N5O2. The maximum Gasteiger partial charge on any atom is 0.222 e. The molecule has 1 heterocycles. The quantitative estimate of drug-likeness (QED) is 0.860. The van der Waals surface area contributed by atoms with Crippen molar-refractivity contribution < 1.29 is 9.47 Å². The van der Waals surface area contributed by atoms with Crippen LogP contribution in [0.15, 0.2) is 18.2 Å². The molecule has 0 saturated heterocycles. The van der Waals surface area contributed by atoms with Crippen LogP contribution in [0.3, 0.4) is 0 Å². The third-order valence-electron chi connectivity index (χ3n) is 2.72. The molecule has 102 valence electrons. The topological polar surface area (TPSA) is 120 Å². The Morgan fingerprint density at radius 1 is 1.15 bits per heavy atom. The van der Waals surface area contributed by atoms with E-state index in [1.54, 1.807) is 18.2 Å². The van der Waals surface area contributed by atoms with Crippen molar-refractivity contribution in [2.75, 3.05) is 25.7 Å². The van der Waals surface area contributed by atoms with Crippen LogP contribution < -0.4 is 20.9 Å². The van der Waals surface area contributed by atoms with Crippen LogP contribution in [0.1, 0.15) is 5.56 Å². The van der Waals surface area contributed by atoms with E-state index in [1.807, 2.05) is 6.07 Å². The molecule has 0 bridgehead atoms. The Morgan fingerprint density at radius 2 is 1.90 bits per heavy atom. The molecule has 0 spiro atoms. The van der Waals surface area contributed by atoms with Crippen molar-refractivity contribution in [3.63, 3.8) is 0 Å². The minimum Gasteiger partial charge on any atom is -0.493 e. The maximum absolute atomic E-state index is 9.22. The highest BCUT2D eigenvalue weighted by molar-refractivity contribution is 5.79. The molecule has 0 atom stereocenters. The lowest BCUT2D eigenvalue weighted by atomic mass is 10.1. The van der Waals surface area contributed by atoms with Crippen LogP contribution in [0.25, 0.3) is 11.3 Å². The van der Waals surface area contributed by atoms with Gasteiger partial charge in [0, 0.05) is 5.56 Å². The van der Waals surface area contributed by atoms with Crippen molar-refractivity contribution in [2.45, 2.75) is 0 Å². The largest absolute Gasteiger partial charge is 0.493 e. The Bertz CT molecular complexity index is 694. The van der Waals surface area contributed by atoms with Crippen molar-refractivity contribution in [3.8, 4) is 28.8 Å². The molecule has 0 fully saturated rings. The zero-order valence-corrected chi connectivity index (χ0v) is 11.0. The van der Waals surface area contributed by atoms with Crippen molar-refractivity contribution in [1.82, 2.24) is 9.97 Å². The first-order chi connectivity index (χ1) is 9.62. The number of rotatable bonds is 3. The fraction of sp³-hybridized carbons (Fsp3) is 0.154. The number of hydrogen-bond donors (Lipinski definition) is 2. The van der Waals surface area contributed by atoms with Gasteiger partial charge in [-0.1, -0.05) is 6.07 Å². The summed E-state index contributed by atoms with van der Waals surface area (Å²) in [5.74, 6) is 0.981. The van der Waals surface area contributed by atoms with Gasteiger partial charge < -0.3 is 20.9 Å². The number of benzene rings is 1. The summed E-state index contributed by atoms with van der Waals surface area (Å²) >= 11 is 0. The molecule has 20 heavy (non-hydrogen) atoms. The number of nitrogens with zero attached hydrogens (tertiary/aromatic N) is 3. The molecular weight excluding hydrogens is 258 g/mol. The maximum atomic E-state index is 9.22. The molecule has 0 unspecified atom stereocenters. The second kappa shape index (κ2) is 5.32. The van der Waals surface area contributed by atoms with Gasteiger partial charge in [-0.05, 0) is 12.1 Å². The van der Waals surface area contributed by atoms with Gasteiger partial charge in [0.1, 0.15) is 17.5 Å². The molecule has 4 N–H and O–H groups in total. The Kier molecular flexibility index (Phi) is 3.57. The van der Waals surface area contributed by atoms with Crippen LogP contribution in [0.4, 0.5) is 11.8 Å². The van der Waals surface area contributed by atoms with E-state index in [1.165, 1.54) is 14.2 Å². The minimum absolute atomic E-state index is 0.0126. The van der Waals surface area contributed by atoms with Crippen LogP contribution in [0.2, 0.25) is 0 Å². The zero-order chi connectivity index (χ0) is 14.7. The summed E-state index contributed by atoms with van der Waals surface area (Å²) < 4.78 is 10.5. The van der Waals surface area contributed by atoms with Crippen molar-refractivity contribution >= 4 is 11.8 Å². The average molecular weight is 271 g/mol. The number of nitrogen functional groups attached to an aromatic ring is 2. The second-order valence-corrected chi connectivity index (χ2v) is 3.84. The summed E-state index contributed by atoms with van der Waals surface area (Å²) in [5.41, 5.74) is 12.3. The van der Waals surface area contributed by atoms with Gasteiger partial charge in [0.15, 0.2) is 11.5 Å². The second-order valence-electron chi connectivity index (χ2n) is 3.84. The molecule has 7 heteroatoms. The summed E-state index contributed by atoms with van der Waals surface area (Å²) in [6, 6.07) is 7.21. The molecule has 0 radical (unpaired) electrons. The molecule has 2 aromatic rings. The van der Waals surface area contributed by atoms with E-state index >= 15 is 0 Å². The summed E-state index contributed by atoms with van der Waals surface area (Å²) in [5, 5.41) is 9.22. The van der Waals surface area contributed by atoms with E-state index in [-0.39, 0.29) is 17.3 Å².